The van der Waals surface area contributed by atoms with Crippen LogP contribution in [0.1, 0.15) is 17.9 Å². The molecule has 0 bridgehead atoms. The van der Waals surface area contributed by atoms with Crippen molar-refractivity contribution in [2.45, 2.75) is 12.3 Å². The quantitative estimate of drug-likeness (QED) is 0.865. The van der Waals surface area contributed by atoms with E-state index >= 15 is 0 Å². The van der Waals surface area contributed by atoms with Gasteiger partial charge in [0.2, 0.25) is 6.79 Å². The number of nitrogens with zero attached hydrogens (tertiary/aromatic N) is 1. The summed E-state index contributed by atoms with van der Waals surface area (Å²) in [6.07, 6.45) is 1.17. The van der Waals surface area contributed by atoms with Gasteiger partial charge in [0.05, 0.1) is 0 Å². The van der Waals surface area contributed by atoms with Crippen LogP contribution < -0.4 is 14.8 Å². The number of nitrogens with one attached hydrogen (secondary N) is 1. The number of anilines is 1. The van der Waals surface area contributed by atoms with Crippen molar-refractivity contribution < 1.29 is 9.47 Å². The van der Waals surface area contributed by atoms with Gasteiger partial charge in [-0.15, -0.1) is 0 Å². The summed E-state index contributed by atoms with van der Waals surface area (Å²) in [6, 6.07) is 4.20. The van der Waals surface area contributed by atoms with Gasteiger partial charge in [-0.05, 0) is 38.7 Å². The molecule has 1 N–H and O–H groups in total. The van der Waals surface area contributed by atoms with E-state index in [9.17, 15) is 0 Å². The van der Waals surface area contributed by atoms with Crippen LogP contribution in [0.3, 0.4) is 0 Å². The van der Waals surface area contributed by atoms with Gasteiger partial charge in [0, 0.05) is 24.2 Å². The maximum absolute atomic E-state index is 5.44. The Bertz CT molecular complexity index is 432. The number of benzene rings is 1. The van der Waals surface area contributed by atoms with E-state index in [0.29, 0.717) is 12.7 Å². The molecule has 0 amide bonds. The summed E-state index contributed by atoms with van der Waals surface area (Å²) in [6.45, 7) is 2.48. The summed E-state index contributed by atoms with van der Waals surface area (Å²) in [7, 11) is 4.23. The maximum Gasteiger partial charge on any atom is 0.231 e. The predicted octanol–water partition coefficient (Wildman–Crippen LogP) is 1.88. The van der Waals surface area contributed by atoms with Crippen molar-refractivity contribution in [3.8, 4) is 11.5 Å². The molecular formula is C13H18N2O2. The monoisotopic (exact) mass is 234 g/mol. The lowest BCUT2D eigenvalue weighted by Crippen LogP contribution is -2.16. The molecule has 2 aliphatic heterocycles. The minimum atomic E-state index is 0.348. The summed E-state index contributed by atoms with van der Waals surface area (Å²) in [5, 5.41) is 3.45. The van der Waals surface area contributed by atoms with Crippen LogP contribution in [0, 0.1) is 0 Å². The summed E-state index contributed by atoms with van der Waals surface area (Å²) < 4.78 is 10.8. The molecule has 0 fully saturated rings. The van der Waals surface area contributed by atoms with Gasteiger partial charge in [0.25, 0.3) is 0 Å². The molecule has 1 atom stereocenters. The van der Waals surface area contributed by atoms with Crippen LogP contribution >= 0.6 is 0 Å². The van der Waals surface area contributed by atoms with Gasteiger partial charge < -0.3 is 19.7 Å². The Hall–Kier alpha value is -1.42. The lowest BCUT2D eigenvalue weighted by atomic mass is 9.97. The molecule has 17 heavy (non-hydrogen) atoms. The highest BCUT2D eigenvalue weighted by atomic mass is 16.7. The van der Waals surface area contributed by atoms with Crippen LogP contribution in [-0.2, 0) is 0 Å². The number of hydrogen-bond acceptors (Lipinski definition) is 4. The Morgan fingerprint density at radius 3 is 2.82 bits per heavy atom. The third-order valence-corrected chi connectivity index (χ3v) is 3.45. The van der Waals surface area contributed by atoms with Gasteiger partial charge >= 0.3 is 0 Å². The molecule has 2 aliphatic rings. The Morgan fingerprint density at radius 2 is 2.06 bits per heavy atom. The molecule has 1 aromatic rings. The Morgan fingerprint density at radius 1 is 1.29 bits per heavy atom. The lowest BCUT2D eigenvalue weighted by molar-refractivity contribution is 0.174. The molecule has 3 rings (SSSR count). The fourth-order valence-electron chi connectivity index (χ4n) is 2.46. The van der Waals surface area contributed by atoms with E-state index in [2.05, 4.69) is 36.4 Å². The first-order valence-corrected chi connectivity index (χ1v) is 6.06. The number of ether oxygens (including phenoxy) is 2. The SMILES string of the molecule is CN(C)CC[C@H]1CNc2cc3c(cc21)OCO3. The maximum atomic E-state index is 5.44. The largest absolute Gasteiger partial charge is 0.454 e. The molecule has 0 saturated carbocycles. The number of rotatable bonds is 3. The fourth-order valence-corrected chi connectivity index (χ4v) is 2.46. The number of hydrogen-bond donors (Lipinski definition) is 1. The Kier molecular flexibility index (Phi) is 2.59. The van der Waals surface area contributed by atoms with E-state index in [1.54, 1.807) is 0 Å². The Labute approximate surface area is 102 Å². The van der Waals surface area contributed by atoms with Crippen molar-refractivity contribution in [3.05, 3.63) is 17.7 Å². The van der Waals surface area contributed by atoms with E-state index in [0.717, 1.165) is 24.6 Å². The van der Waals surface area contributed by atoms with Gasteiger partial charge in [0.1, 0.15) is 0 Å². The van der Waals surface area contributed by atoms with Crippen LogP contribution in [0.25, 0.3) is 0 Å². The average molecular weight is 234 g/mol. The van der Waals surface area contributed by atoms with Crippen LogP contribution in [-0.4, -0.2) is 38.9 Å². The molecule has 4 nitrogen and oxygen atoms in total. The second-order valence-corrected chi connectivity index (χ2v) is 4.96. The van der Waals surface area contributed by atoms with Crippen LogP contribution in [0.5, 0.6) is 11.5 Å². The summed E-state index contributed by atoms with van der Waals surface area (Å²) in [5.74, 6) is 2.34. The van der Waals surface area contributed by atoms with Crippen LogP contribution in [0.2, 0.25) is 0 Å². The van der Waals surface area contributed by atoms with E-state index in [1.165, 1.54) is 17.7 Å². The minimum Gasteiger partial charge on any atom is -0.454 e. The minimum absolute atomic E-state index is 0.348. The topological polar surface area (TPSA) is 33.7 Å². The average Bonchev–Trinajstić information content (AvgIpc) is 2.88. The van der Waals surface area contributed by atoms with Gasteiger partial charge in [0.15, 0.2) is 11.5 Å². The van der Waals surface area contributed by atoms with E-state index in [1.807, 2.05) is 0 Å². The van der Waals surface area contributed by atoms with E-state index in [-0.39, 0.29) is 0 Å². The smallest absolute Gasteiger partial charge is 0.231 e. The molecule has 0 spiro atoms. The molecule has 1 aromatic carbocycles. The fraction of sp³-hybridized carbons (Fsp3) is 0.538. The summed E-state index contributed by atoms with van der Waals surface area (Å²) in [5.41, 5.74) is 2.58. The zero-order valence-electron chi connectivity index (χ0n) is 10.3. The molecule has 4 heteroatoms. The van der Waals surface area contributed by atoms with Crippen molar-refractivity contribution in [2.24, 2.45) is 0 Å². The highest BCUT2D eigenvalue weighted by Gasteiger charge is 2.26. The zero-order chi connectivity index (χ0) is 11.8. The molecule has 92 valence electrons. The van der Waals surface area contributed by atoms with Crippen molar-refractivity contribution >= 4 is 5.69 Å². The van der Waals surface area contributed by atoms with Crippen molar-refractivity contribution in [1.82, 2.24) is 4.90 Å². The molecule has 0 radical (unpaired) electrons. The molecule has 0 saturated heterocycles. The van der Waals surface area contributed by atoms with E-state index in [4.69, 9.17) is 9.47 Å². The summed E-state index contributed by atoms with van der Waals surface area (Å²) in [4.78, 5) is 2.23. The summed E-state index contributed by atoms with van der Waals surface area (Å²) >= 11 is 0. The van der Waals surface area contributed by atoms with Crippen molar-refractivity contribution in [2.75, 3.05) is 39.3 Å². The second-order valence-electron chi connectivity index (χ2n) is 4.96. The highest BCUT2D eigenvalue weighted by Crippen LogP contribution is 2.43. The zero-order valence-corrected chi connectivity index (χ0v) is 10.3. The molecule has 2 heterocycles. The molecule has 0 aliphatic carbocycles. The first-order valence-electron chi connectivity index (χ1n) is 6.06. The first kappa shape index (κ1) is 10.7. The predicted molar refractivity (Wildman–Crippen MR) is 67.0 cm³/mol. The Balaban J connectivity index is 1.82. The number of fused-ring (bicyclic) bond motifs is 2. The van der Waals surface area contributed by atoms with Gasteiger partial charge in [-0.1, -0.05) is 0 Å². The molecular weight excluding hydrogens is 216 g/mol. The third kappa shape index (κ3) is 1.93. The van der Waals surface area contributed by atoms with Crippen molar-refractivity contribution in [1.29, 1.82) is 0 Å². The first-order chi connectivity index (χ1) is 8.24. The standard InChI is InChI=1S/C13H18N2O2/c1-15(2)4-3-9-7-14-11-6-13-12(5-10(9)11)16-8-17-13/h5-6,9,14H,3-4,7-8H2,1-2H3/t9-/m0/s1. The molecule has 0 aromatic heterocycles. The van der Waals surface area contributed by atoms with Crippen LogP contribution in [0.15, 0.2) is 12.1 Å². The third-order valence-electron chi connectivity index (χ3n) is 3.45. The normalized spacial score (nSPS) is 20.5. The van der Waals surface area contributed by atoms with Crippen molar-refractivity contribution in [3.63, 3.8) is 0 Å². The molecule has 0 unspecified atom stereocenters. The lowest BCUT2D eigenvalue weighted by Gasteiger charge is -2.14. The van der Waals surface area contributed by atoms with Gasteiger partial charge in [-0.2, -0.15) is 0 Å². The van der Waals surface area contributed by atoms with Crippen LogP contribution in [0.4, 0.5) is 5.69 Å². The second kappa shape index (κ2) is 4.11. The highest BCUT2D eigenvalue weighted by molar-refractivity contribution is 5.65. The van der Waals surface area contributed by atoms with E-state index < -0.39 is 0 Å². The van der Waals surface area contributed by atoms with Gasteiger partial charge in [-0.25, -0.2) is 0 Å². The van der Waals surface area contributed by atoms with Gasteiger partial charge in [-0.3, -0.25) is 0 Å².